The second-order valence-corrected chi connectivity index (χ2v) is 4.62. The van der Waals surface area contributed by atoms with Crippen molar-refractivity contribution in [3.8, 4) is 0 Å². The largest absolute Gasteiger partial charge is 0.314 e. The van der Waals surface area contributed by atoms with E-state index < -0.39 is 0 Å². The van der Waals surface area contributed by atoms with Crippen LogP contribution >= 0.6 is 0 Å². The highest BCUT2D eigenvalue weighted by Gasteiger charge is 2.12. The van der Waals surface area contributed by atoms with E-state index in [-0.39, 0.29) is 0 Å². The summed E-state index contributed by atoms with van der Waals surface area (Å²) in [5, 5.41) is 3.65. The van der Waals surface area contributed by atoms with Crippen LogP contribution in [0.25, 0.3) is 0 Å². The first-order valence-corrected chi connectivity index (χ1v) is 6.06. The van der Waals surface area contributed by atoms with Gasteiger partial charge in [-0.25, -0.2) is 0 Å². The Labute approximate surface area is 83.3 Å². The summed E-state index contributed by atoms with van der Waals surface area (Å²) in [6, 6.07) is 0.826. The molecule has 0 aromatic heterocycles. The quantitative estimate of drug-likeness (QED) is 0.707. The zero-order valence-electron chi connectivity index (χ0n) is 9.31. The number of hydrogen-bond donors (Lipinski definition) is 1. The Morgan fingerprint density at radius 2 is 1.69 bits per heavy atom. The van der Waals surface area contributed by atoms with Gasteiger partial charge in [0.25, 0.3) is 0 Å². The Morgan fingerprint density at radius 1 is 1.08 bits per heavy atom. The fourth-order valence-electron chi connectivity index (χ4n) is 2.27. The van der Waals surface area contributed by atoms with Crippen molar-refractivity contribution >= 4 is 0 Å². The molecule has 0 unspecified atom stereocenters. The summed E-state index contributed by atoms with van der Waals surface area (Å²) in [6.07, 6.45) is 9.85. The third-order valence-corrected chi connectivity index (χ3v) is 3.18. The third-order valence-electron chi connectivity index (χ3n) is 3.18. The SMILES string of the molecule is CCCNC1CCCC(C)CCC1. The minimum absolute atomic E-state index is 0.826. The zero-order chi connectivity index (χ0) is 9.52. The van der Waals surface area contributed by atoms with Gasteiger partial charge in [0.1, 0.15) is 0 Å². The van der Waals surface area contributed by atoms with Crippen molar-refractivity contribution in [2.45, 2.75) is 64.8 Å². The third kappa shape index (κ3) is 4.66. The number of rotatable bonds is 3. The number of hydrogen-bond acceptors (Lipinski definition) is 1. The molecule has 1 aliphatic rings. The molecule has 1 fully saturated rings. The second-order valence-electron chi connectivity index (χ2n) is 4.62. The van der Waals surface area contributed by atoms with Crippen LogP contribution < -0.4 is 5.32 Å². The van der Waals surface area contributed by atoms with Crippen LogP contribution in [0.2, 0.25) is 0 Å². The fraction of sp³-hybridized carbons (Fsp3) is 1.00. The van der Waals surface area contributed by atoms with Gasteiger partial charge in [0, 0.05) is 6.04 Å². The Bertz CT molecular complexity index is 112. The van der Waals surface area contributed by atoms with Crippen molar-refractivity contribution in [1.82, 2.24) is 5.32 Å². The molecule has 0 saturated heterocycles. The smallest absolute Gasteiger partial charge is 0.00670 e. The first-order chi connectivity index (χ1) is 6.33. The molecule has 0 amide bonds. The molecule has 1 aliphatic carbocycles. The van der Waals surface area contributed by atoms with Gasteiger partial charge in [0.05, 0.1) is 0 Å². The molecule has 1 N–H and O–H groups in total. The van der Waals surface area contributed by atoms with Gasteiger partial charge in [-0.3, -0.25) is 0 Å². The molecule has 1 rings (SSSR count). The summed E-state index contributed by atoms with van der Waals surface area (Å²) < 4.78 is 0. The van der Waals surface area contributed by atoms with Gasteiger partial charge in [0.2, 0.25) is 0 Å². The monoisotopic (exact) mass is 183 g/mol. The van der Waals surface area contributed by atoms with Gasteiger partial charge in [-0.2, -0.15) is 0 Å². The van der Waals surface area contributed by atoms with E-state index in [0.717, 1.165) is 12.0 Å². The van der Waals surface area contributed by atoms with Gasteiger partial charge in [-0.05, 0) is 31.7 Å². The van der Waals surface area contributed by atoms with Crippen molar-refractivity contribution in [3.05, 3.63) is 0 Å². The van der Waals surface area contributed by atoms with Crippen LogP contribution in [-0.2, 0) is 0 Å². The molecule has 0 radical (unpaired) electrons. The Morgan fingerprint density at radius 3 is 2.23 bits per heavy atom. The Hall–Kier alpha value is -0.0400. The number of nitrogens with one attached hydrogen (secondary N) is 1. The molecule has 0 aliphatic heterocycles. The van der Waals surface area contributed by atoms with E-state index in [9.17, 15) is 0 Å². The van der Waals surface area contributed by atoms with Crippen molar-refractivity contribution < 1.29 is 0 Å². The van der Waals surface area contributed by atoms with Gasteiger partial charge in [-0.15, -0.1) is 0 Å². The van der Waals surface area contributed by atoms with Gasteiger partial charge < -0.3 is 5.32 Å². The molecule has 0 aromatic rings. The molecule has 1 nitrogen and oxygen atoms in total. The van der Waals surface area contributed by atoms with Crippen LogP contribution in [-0.4, -0.2) is 12.6 Å². The molecular formula is C12H25N. The zero-order valence-corrected chi connectivity index (χ0v) is 9.31. The minimum atomic E-state index is 0.826. The summed E-state index contributed by atoms with van der Waals surface area (Å²) in [6.45, 7) is 5.86. The lowest BCUT2D eigenvalue weighted by molar-refractivity contribution is 0.343. The highest BCUT2D eigenvalue weighted by molar-refractivity contribution is 4.71. The topological polar surface area (TPSA) is 12.0 Å². The first kappa shape index (κ1) is 11.0. The van der Waals surface area contributed by atoms with Crippen LogP contribution in [0, 0.1) is 5.92 Å². The maximum atomic E-state index is 3.65. The Kier molecular flexibility index (Phi) is 5.45. The average molecular weight is 183 g/mol. The van der Waals surface area contributed by atoms with E-state index in [0.29, 0.717) is 0 Å². The van der Waals surface area contributed by atoms with Crippen molar-refractivity contribution in [2.75, 3.05) is 6.54 Å². The molecule has 0 heterocycles. The van der Waals surface area contributed by atoms with E-state index in [1.165, 1.54) is 51.5 Å². The van der Waals surface area contributed by atoms with E-state index in [1.54, 1.807) is 0 Å². The normalized spacial score (nSPS) is 30.9. The lowest BCUT2D eigenvalue weighted by atomic mass is 9.90. The first-order valence-electron chi connectivity index (χ1n) is 6.06. The minimum Gasteiger partial charge on any atom is -0.314 e. The average Bonchev–Trinajstić information content (AvgIpc) is 2.09. The highest BCUT2D eigenvalue weighted by atomic mass is 14.9. The summed E-state index contributed by atoms with van der Waals surface area (Å²) >= 11 is 0. The Balaban J connectivity index is 2.16. The van der Waals surface area contributed by atoms with Gasteiger partial charge >= 0.3 is 0 Å². The lowest BCUT2D eigenvalue weighted by Crippen LogP contribution is -2.30. The predicted molar refractivity (Wildman–Crippen MR) is 58.9 cm³/mol. The van der Waals surface area contributed by atoms with Crippen molar-refractivity contribution in [3.63, 3.8) is 0 Å². The molecule has 1 heteroatoms. The molecule has 13 heavy (non-hydrogen) atoms. The van der Waals surface area contributed by atoms with Crippen molar-refractivity contribution in [1.29, 1.82) is 0 Å². The maximum Gasteiger partial charge on any atom is 0.00670 e. The molecule has 0 aromatic carbocycles. The van der Waals surface area contributed by atoms with Crippen LogP contribution in [0.4, 0.5) is 0 Å². The lowest BCUT2D eigenvalue weighted by Gasteiger charge is -2.23. The van der Waals surface area contributed by atoms with E-state index in [2.05, 4.69) is 19.2 Å². The standard InChI is InChI=1S/C12H25N/c1-3-10-13-12-8-4-6-11(2)7-5-9-12/h11-13H,3-10H2,1-2H3. The predicted octanol–water partition coefficient (Wildman–Crippen LogP) is 3.34. The van der Waals surface area contributed by atoms with E-state index in [4.69, 9.17) is 0 Å². The summed E-state index contributed by atoms with van der Waals surface area (Å²) in [4.78, 5) is 0. The van der Waals surface area contributed by atoms with Crippen LogP contribution in [0.5, 0.6) is 0 Å². The second kappa shape index (κ2) is 6.42. The van der Waals surface area contributed by atoms with Crippen molar-refractivity contribution in [2.24, 2.45) is 5.92 Å². The van der Waals surface area contributed by atoms with E-state index >= 15 is 0 Å². The molecule has 0 spiro atoms. The van der Waals surface area contributed by atoms with Crippen LogP contribution in [0.3, 0.4) is 0 Å². The van der Waals surface area contributed by atoms with Crippen LogP contribution in [0.15, 0.2) is 0 Å². The van der Waals surface area contributed by atoms with E-state index in [1.807, 2.05) is 0 Å². The maximum absolute atomic E-state index is 3.65. The summed E-state index contributed by atoms with van der Waals surface area (Å²) in [5.74, 6) is 0.979. The van der Waals surface area contributed by atoms with Gasteiger partial charge in [-0.1, -0.05) is 39.5 Å². The van der Waals surface area contributed by atoms with Gasteiger partial charge in [0.15, 0.2) is 0 Å². The molecule has 0 atom stereocenters. The molecule has 78 valence electrons. The summed E-state index contributed by atoms with van der Waals surface area (Å²) in [7, 11) is 0. The molecule has 1 saturated carbocycles. The highest BCUT2D eigenvalue weighted by Crippen LogP contribution is 2.21. The molecular weight excluding hydrogens is 158 g/mol. The fourth-order valence-corrected chi connectivity index (χ4v) is 2.27. The molecule has 0 bridgehead atoms. The van der Waals surface area contributed by atoms with Crippen LogP contribution in [0.1, 0.15) is 58.8 Å². The summed E-state index contributed by atoms with van der Waals surface area (Å²) in [5.41, 5.74) is 0.